The monoisotopic (exact) mass is 215 g/mol. The number of benzene rings is 1. The van der Waals surface area contributed by atoms with Crippen LogP contribution in [0.25, 0.3) is 10.9 Å². The van der Waals surface area contributed by atoms with E-state index in [2.05, 4.69) is 28.9 Å². The van der Waals surface area contributed by atoms with Crippen molar-refractivity contribution in [3.63, 3.8) is 0 Å². The van der Waals surface area contributed by atoms with Gasteiger partial charge in [0, 0.05) is 25.5 Å². The first-order valence-corrected chi connectivity index (χ1v) is 5.56. The van der Waals surface area contributed by atoms with Gasteiger partial charge in [0.15, 0.2) is 0 Å². The molecule has 0 unspecified atom stereocenters. The van der Waals surface area contributed by atoms with Gasteiger partial charge in [0.25, 0.3) is 0 Å². The molecule has 2 aromatic rings. The number of anilines is 1. The van der Waals surface area contributed by atoms with Crippen LogP contribution in [0.15, 0.2) is 30.3 Å². The first kappa shape index (κ1) is 10.9. The molecule has 0 saturated carbocycles. The lowest BCUT2D eigenvalue weighted by Crippen LogP contribution is -2.17. The van der Waals surface area contributed by atoms with Crippen LogP contribution in [0.1, 0.15) is 12.5 Å². The summed E-state index contributed by atoms with van der Waals surface area (Å²) in [4.78, 5) is 6.74. The molecule has 0 aliphatic heterocycles. The number of fused-ring (bicyclic) bond motifs is 1. The van der Waals surface area contributed by atoms with E-state index >= 15 is 0 Å². The molecule has 2 N–H and O–H groups in total. The minimum atomic E-state index is 0.549. The predicted molar refractivity (Wildman–Crippen MR) is 68.6 cm³/mol. The minimum absolute atomic E-state index is 0.549. The van der Waals surface area contributed by atoms with E-state index in [-0.39, 0.29) is 0 Å². The summed E-state index contributed by atoms with van der Waals surface area (Å²) < 4.78 is 0. The third-order valence-electron chi connectivity index (χ3n) is 2.87. The van der Waals surface area contributed by atoms with Gasteiger partial charge in [0.05, 0.1) is 5.52 Å². The van der Waals surface area contributed by atoms with Crippen LogP contribution in [-0.2, 0) is 6.54 Å². The van der Waals surface area contributed by atoms with Gasteiger partial charge in [-0.15, -0.1) is 0 Å². The van der Waals surface area contributed by atoms with Crippen LogP contribution in [0.5, 0.6) is 0 Å². The van der Waals surface area contributed by atoms with Gasteiger partial charge in [-0.05, 0) is 24.6 Å². The van der Waals surface area contributed by atoms with Crippen LogP contribution >= 0.6 is 0 Å². The van der Waals surface area contributed by atoms with Gasteiger partial charge in [-0.2, -0.15) is 0 Å². The SMILES string of the molecule is CCN(C)c1cc(CN)c2ccccc2n1. The average molecular weight is 215 g/mol. The molecule has 3 nitrogen and oxygen atoms in total. The maximum absolute atomic E-state index is 5.78. The van der Waals surface area contributed by atoms with Gasteiger partial charge in [-0.1, -0.05) is 18.2 Å². The molecule has 0 spiro atoms. The van der Waals surface area contributed by atoms with E-state index < -0.39 is 0 Å². The number of para-hydroxylation sites is 1. The van der Waals surface area contributed by atoms with Crippen molar-refractivity contribution in [3.05, 3.63) is 35.9 Å². The maximum Gasteiger partial charge on any atom is 0.129 e. The molecule has 1 aromatic carbocycles. The van der Waals surface area contributed by atoms with Gasteiger partial charge < -0.3 is 10.6 Å². The van der Waals surface area contributed by atoms with Crippen molar-refractivity contribution in [2.75, 3.05) is 18.5 Å². The molecule has 0 atom stereocenters. The quantitative estimate of drug-likeness (QED) is 0.853. The van der Waals surface area contributed by atoms with E-state index in [1.54, 1.807) is 0 Å². The highest BCUT2D eigenvalue weighted by molar-refractivity contribution is 5.84. The summed E-state index contributed by atoms with van der Waals surface area (Å²) in [6.45, 7) is 3.60. The Kier molecular flexibility index (Phi) is 3.06. The average Bonchev–Trinajstić information content (AvgIpc) is 2.36. The van der Waals surface area contributed by atoms with Crippen LogP contribution in [0.4, 0.5) is 5.82 Å². The van der Waals surface area contributed by atoms with Gasteiger partial charge in [-0.25, -0.2) is 4.98 Å². The van der Waals surface area contributed by atoms with E-state index in [1.807, 2.05) is 25.2 Å². The molecule has 1 aromatic heterocycles. The largest absolute Gasteiger partial charge is 0.360 e. The fourth-order valence-corrected chi connectivity index (χ4v) is 1.76. The number of rotatable bonds is 3. The number of nitrogens with two attached hydrogens (primary N) is 1. The Labute approximate surface area is 95.9 Å². The molecule has 0 aliphatic carbocycles. The smallest absolute Gasteiger partial charge is 0.129 e. The van der Waals surface area contributed by atoms with Crippen molar-refractivity contribution in [1.82, 2.24) is 4.98 Å². The Balaban J connectivity index is 2.63. The Bertz CT molecular complexity index is 494. The van der Waals surface area contributed by atoms with Crippen LogP contribution in [0.2, 0.25) is 0 Å². The molecular weight excluding hydrogens is 198 g/mol. The summed E-state index contributed by atoms with van der Waals surface area (Å²) in [5, 5.41) is 1.15. The normalized spacial score (nSPS) is 10.7. The van der Waals surface area contributed by atoms with Crippen LogP contribution in [0.3, 0.4) is 0 Å². The van der Waals surface area contributed by atoms with Crippen LogP contribution in [0, 0.1) is 0 Å². The number of aromatic nitrogens is 1. The standard InChI is InChI=1S/C13H17N3/c1-3-16(2)13-8-10(9-14)11-6-4-5-7-12(11)15-13/h4-8H,3,9,14H2,1-2H3. The second-order valence-electron chi connectivity index (χ2n) is 3.88. The van der Waals surface area contributed by atoms with Crippen molar-refractivity contribution >= 4 is 16.7 Å². The topological polar surface area (TPSA) is 42.1 Å². The van der Waals surface area contributed by atoms with Crippen LogP contribution < -0.4 is 10.6 Å². The molecular formula is C13H17N3. The molecule has 0 saturated heterocycles. The zero-order valence-corrected chi connectivity index (χ0v) is 9.77. The Morgan fingerprint density at radius 2 is 2.06 bits per heavy atom. The first-order valence-electron chi connectivity index (χ1n) is 5.56. The Hall–Kier alpha value is -1.61. The van der Waals surface area contributed by atoms with E-state index in [0.29, 0.717) is 6.54 Å². The molecule has 1 heterocycles. The number of hydrogen-bond acceptors (Lipinski definition) is 3. The zero-order valence-electron chi connectivity index (χ0n) is 9.77. The van der Waals surface area contributed by atoms with Crippen molar-refractivity contribution in [1.29, 1.82) is 0 Å². The lowest BCUT2D eigenvalue weighted by atomic mass is 10.1. The molecule has 3 heteroatoms. The zero-order chi connectivity index (χ0) is 11.5. The summed E-state index contributed by atoms with van der Waals surface area (Å²) in [6, 6.07) is 10.2. The third kappa shape index (κ3) is 1.86. The lowest BCUT2D eigenvalue weighted by molar-refractivity contribution is 0.938. The Morgan fingerprint density at radius 1 is 1.31 bits per heavy atom. The minimum Gasteiger partial charge on any atom is -0.360 e. The second kappa shape index (κ2) is 4.49. The highest BCUT2D eigenvalue weighted by Gasteiger charge is 2.06. The molecule has 0 bridgehead atoms. The third-order valence-corrected chi connectivity index (χ3v) is 2.87. The fraction of sp³-hybridized carbons (Fsp3) is 0.308. The van der Waals surface area contributed by atoms with Crippen molar-refractivity contribution < 1.29 is 0 Å². The van der Waals surface area contributed by atoms with Crippen molar-refractivity contribution in [2.24, 2.45) is 5.73 Å². The summed E-state index contributed by atoms with van der Waals surface area (Å²) in [6.07, 6.45) is 0. The van der Waals surface area contributed by atoms with E-state index in [4.69, 9.17) is 5.73 Å². The summed E-state index contributed by atoms with van der Waals surface area (Å²) in [5.74, 6) is 0.988. The molecule has 0 amide bonds. The van der Waals surface area contributed by atoms with E-state index in [0.717, 1.165) is 28.8 Å². The molecule has 2 rings (SSSR count). The van der Waals surface area contributed by atoms with Crippen molar-refractivity contribution in [2.45, 2.75) is 13.5 Å². The molecule has 84 valence electrons. The van der Waals surface area contributed by atoms with Crippen molar-refractivity contribution in [3.8, 4) is 0 Å². The van der Waals surface area contributed by atoms with Gasteiger partial charge in [-0.3, -0.25) is 0 Å². The molecule has 16 heavy (non-hydrogen) atoms. The van der Waals surface area contributed by atoms with E-state index in [9.17, 15) is 0 Å². The number of hydrogen-bond donors (Lipinski definition) is 1. The molecule has 0 fully saturated rings. The van der Waals surface area contributed by atoms with Crippen LogP contribution in [-0.4, -0.2) is 18.6 Å². The summed E-state index contributed by atoms with van der Waals surface area (Å²) in [7, 11) is 2.04. The number of pyridine rings is 1. The van der Waals surface area contributed by atoms with Gasteiger partial charge in [0.2, 0.25) is 0 Å². The van der Waals surface area contributed by atoms with Gasteiger partial charge >= 0.3 is 0 Å². The summed E-state index contributed by atoms with van der Waals surface area (Å²) in [5.41, 5.74) is 7.95. The maximum atomic E-state index is 5.78. The number of nitrogens with zero attached hydrogens (tertiary/aromatic N) is 2. The summed E-state index contributed by atoms with van der Waals surface area (Å²) >= 11 is 0. The fourth-order valence-electron chi connectivity index (χ4n) is 1.76. The van der Waals surface area contributed by atoms with Gasteiger partial charge in [0.1, 0.15) is 5.82 Å². The Morgan fingerprint density at radius 3 is 2.75 bits per heavy atom. The molecule has 0 aliphatic rings. The predicted octanol–water partition coefficient (Wildman–Crippen LogP) is 2.15. The highest BCUT2D eigenvalue weighted by atomic mass is 15.2. The molecule has 0 radical (unpaired) electrons. The second-order valence-corrected chi connectivity index (χ2v) is 3.88. The first-order chi connectivity index (χ1) is 7.76. The highest BCUT2D eigenvalue weighted by Crippen LogP contribution is 2.21. The van der Waals surface area contributed by atoms with E-state index in [1.165, 1.54) is 0 Å². The lowest BCUT2D eigenvalue weighted by Gasteiger charge is -2.17.